The van der Waals surface area contributed by atoms with Crippen molar-refractivity contribution in [2.24, 2.45) is 0 Å². The molecule has 0 spiro atoms. The third-order valence-electron chi connectivity index (χ3n) is 3.05. The van der Waals surface area contributed by atoms with Crippen LogP contribution < -0.4 is 5.32 Å². The van der Waals surface area contributed by atoms with Gasteiger partial charge in [-0.25, -0.2) is 0 Å². The normalized spacial score (nSPS) is 11.2. The van der Waals surface area contributed by atoms with Gasteiger partial charge in [0.05, 0.1) is 5.75 Å². The maximum atomic E-state index is 11.9. The Labute approximate surface area is 130 Å². The average Bonchev–Trinajstić information content (AvgIpc) is 2.46. The highest BCUT2D eigenvalue weighted by Gasteiger charge is 2.13. The van der Waals surface area contributed by atoms with Crippen LogP contribution in [-0.4, -0.2) is 16.6 Å². The van der Waals surface area contributed by atoms with Crippen LogP contribution >= 0.6 is 11.8 Å². The number of hydrogen-bond acceptors (Lipinski definition) is 3. The van der Waals surface area contributed by atoms with Crippen LogP contribution in [0.4, 0.5) is 5.69 Å². The number of anilines is 1. The maximum Gasteiger partial charge on any atom is 0.234 e. The van der Waals surface area contributed by atoms with Gasteiger partial charge in [0, 0.05) is 23.0 Å². The van der Waals surface area contributed by atoms with E-state index in [1.807, 2.05) is 0 Å². The molecular formula is C17H20N2OS. The third-order valence-corrected chi connectivity index (χ3v) is 4.07. The van der Waals surface area contributed by atoms with Crippen molar-refractivity contribution in [1.82, 2.24) is 4.98 Å². The van der Waals surface area contributed by atoms with Gasteiger partial charge in [-0.05, 0) is 35.2 Å². The minimum Gasteiger partial charge on any atom is -0.325 e. The molecule has 0 aliphatic carbocycles. The summed E-state index contributed by atoms with van der Waals surface area (Å²) in [6.45, 7) is 6.58. The Hall–Kier alpha value is -1.81. The van der Waals surface area contributed by atoms with E-state index in [0.29, 0.717) is 5.75 Å². The molecule has 0 aliphatic rings. The summed E-state index contributed by atoms with van der Waals surface area (Å²) in [7, 11) is 0. The molecule has 1 amide bonds. The molecule has 3 nitrogen and oxygen atoms in total. The average molecular weight is 300 g/mol. The van der Waals surface area contributed by atoms with Crippen molar-refractivity contribution in [1.29, 1.82) is 0 Å². The molecule has 2 aromatic rings. The number of benzene rings is 1. The summed E-state index contributed by atoms with van der Waals surface area (Å²) < 4.78 is 0. The molecule has 0 bridgehead atoms. The largest absolute Gasteiger partial charge is 0.325 e. The van der Waals surface area contributed by atoms with Gasteiger partial charge in [-0.1, -0.05) is 32.9 Å². The minimum absolute atomic E-state index is 0.00824. The monoisotopic (exact) mass is 300 g/mol. The molecule has 0 saturated carbocycles. The standard InChI is InChI=1S/C17H20N2OS/c1-17(2,3)13-4-6-15(7-5-13)21-12-16(20)19-14-8-10-18-11-9-14/h4-11H,12H2,1-3H3,(H,18,19,20). The highest BCUT2D eigenvalue weighted by atomic mass is 32.2. The number of carbonyl (C=O) groups excluding carboxylic acids is 1. The van der Waals surface area contributed by atoms with Crippen LogP contribution in [0.1, 0.15) is 26.3 Å². The molecule has 0 saturated heterocycles. The van der Waals surface area contributed by atoms with Crippen LogP contribution in [0.15, 0.2) is 53.7 Å². The van der Waals surface area contributed by atoms with E-state index in [2.05, 4.69) is 55.3 Å². The highest BCUT2D eigenvalue weighted by molar-refractivity contribution is 8.00. The number of aromatic nitrogens is 1. The molecule has 0 unspecified atom stereocenters. The van der Waals surface area contributed by atoms with Gasteiger partial charge in [0.15, 0.2) is 0 Å². The van der Waals surface area contributed by atoms with Crippen LogP contribution in [0, 0.1) is 0 Å². The maximum absolute atomic E-state index is 11.9. The highest BCUT2D eigenvalue weighted by Crippen LogP contribution is 2.25. The number of rotatable bonds is 4. The van der Waals surface area contributed by atoms with Gasteiger partial charge in [0.1, 0.15) is 0 Å². The second-order valence-corrected chi connectivity index (χ2v) is 6.90. The Morgan fingerprint density at radius 3 is 2.29 bits per heavy atom. The first-order valence-electron chi connectivity index (χ1n) is 6.88. The zero-order valence-electron chi connectivity index (χ0n) is 12.6. The number of carbonyl (C=O) groups is 1. The Balaban J connectivity index is 1.87. The lowest BCUT2D eigenvalue weighted by Gasteiger charge is -2.19. The van der Waals surface area contributed by atoms with Crippen LogP contribution in [0.2, 0.25) is 0 Å². The fourth-order valence-corrected chi connectivity index (χ4v) is 2.53. The molecule has 1 aromatic heterocycles. The van der Waals surface area contributed by atoms with E-state index in [9.17, 15) is 4.79 Å². The quantitative estimate of drug-likeness (QED) is 0.864. The molecule has 0 radical (unpaired) electrons. The fourth-order valence-electron chi connectivity index (χ4n) is 1.83. The number of nitrogens with one attached hydrogen (secondary N) is 1. The van der Waals surface area contributed by atoms with Gasteiger partial charge in [0.25, 0.3) is 0 Å². The lowest BCUT2D eigenvalue weighted by atomic mass is 9.87. The molecule has 0 aliphatic heterocycles. The predicted octanol–water partition coefficient (Wildman–Crippen LogP) is 4.11. The van der Waals surface area contributed by atoms with Gasteiger partial charge in [-0.3, -0.25) is 9.78 Å². The van der Waals surface area contributed by atoms with Gasteiger partial charge in [-0.15, -0.1) is 11.8 Å². The number of thioether (sulfide) groups is 1. The fraction of sp³-hybridized carbons (Fsp3) is 0.294. The van der Waals surface area contributed by atoms with Crippen LogP contribution in [0.3, 0.4) is 0 Å². The molecule has 110 valence electrons. The molecular weight excluding hydrogens is 280 g/mol. The molecule has 0 atom stereocenters. The smallest absolute Gasteiger partial charge is 0.234 e. The van der Waals surface area contributed by atoms with E-state index in [4.69, 9.17) is 0 Å². The number of pyridine rings is 1. The molecule has 1 N–H and O–H groups in total. The van der Waals surface area contributed by atoms with Gasteiger partial charge in [0.2, 0.25) is 5.91 Å². The van der Waals surface area contributed by atoms with Gasteiger partial charge < -0.3 is 5.32 Å². The Bertz CT molecular complexity index is 588. The summed E-state index contributed by atoms with van der Waals surface area (Å²) >= 11 is 1.54. The van der Waals surface area contributed by atoms with E-state index in [1.54, 1.807) is 24.5 Å². The Morgan fingerprint density at radius 1 is 1.10 bits per heavy atom. The second-order valence-electron chi connectivity index (χ2n) is 5.85. The predicted molar refractivity (Wildman–Crippen MR) is 88.7 cm³/mol. The van der Waals surface area contributed by atoms with E-state index in [0.717, 1.165) is 10.6 Å². The molecule has 1 aromatic carbocycles. The summed E-state index contributed by atoms with van der Waals surface area (Å²) in [4.78, 5) is 16.9. The van der Waals surface area contributed by atoms with Crippen LogP contribution in [0.25, 0.3) is 0 Å². The molecule has 21 heavy (non-hydrogen) atoms. The van der Waals surface area contributed by atoms with E-state index < -0.39 is 0 Å². The van der Waals surface area contributed by atoms with E-state index in [1.165, 1.54) is 17.3 Å². The zero-order chi connectivity index (χ0) is 15.3. The summed E-state index contributed by atoms with van der Waals surface area (Å²) in [5.74, 6) is 0.392. The summed E-state index contributed by atoms with van der Waals surface area (Å²) in [6, 6.07) is 12.0. The van der Waals surface area contributed by atoms with Gasteiger partial charge in [-0.2, -0.15) is 0 Å². The van der Waals surface area contributed by atoms with E-state index in [-0.39, 0.29) is 11.3 Å². The molecule has 1 heterocycles. The van der Waals surface area contributed by atoms with Gasteiger partial charge >= 0.3 is 0 Å². The first kappa shape index (κ1) is 15.6. The topological polar surface area (TPSA) is 42.0 Å². The summed E-state index contributed by atoms with van der Waals surface area (Å²) in [6.07, 6.45) is 3.32. The number of amides is 1. The number of nitrogens with zero attached hydrogens (tertiary/aromatic N) is 1. The first-order chi connectivity index (χ1) is 9.95. The summed E-state index contributed by atoms with van der Waals surface area (Å²) in [5, 5.41) is 2.85. The third kappa shape index (κ3) is 4.90. The van der Waals surface area contributed by atoms with Crippen molar-refractivity contribution in [3.05, 3.63) is 54.4 Å². The first-order valence-corrected chi connectivity index (χ1v) is 7.87. The molecule has 4 heteroatoms. The van der Waals surface area contributed by atoms with Crippen molar-refractivity contribution in [3.8, 4) is 0 Å². The van der Waals surface area contributed by atoms with Crippen molar-refractivity contribution in [3.63, 3.8) is 0 Å². The molecule has 2 rings (SSSR count). The molecule has 0 fully saturated rings. The Kier molecular flexibility index (Phi) is 5.02. The van der Waals surface area contributed by atoms with E-state index >= 15 is 0 Å². The van der Waals surface area contributed by atoms with Crippen molar-refractivity contribution in [2.45, 2.75) is 31.1 Å². The van der Waals surface area contributed by atoms with Crippen LogP contribution in [-0.2, 0) is 10.2 Å². The lowest BCUT2D eigenvalue weighted by Crippen LogP contribution is -2.14. The Morgan fingerprint density at radius 2 is 1.71 bits per heavy atom. The van der Waals surface area contributed by atoms with Crippen molar-refractivity contribution in [2.75, 3.05) is 11.1 Å². The lowest BCUT2D eigenvalue weighted by molar-refractivity contribution is -0.113. The van der Waals surface area contributed by atoms with Crippen molar-refractivity contribution >= 4 is 23.4 Å². The minimum atomic E-state index is -0.00824. The van der Waals surface area contributed by atoms with Crippen LogP contribution in [0.5, 0.6) is 0 Å². The zero-order valence-corrected chi connectivity index (χ0v) is 13.4. The summed E-state index contributed by atoms with van der Waals surface area (Å²) in [5.41, 5.74) is 2.23. The number of hydrogen-bond donors (Lipinski definition) is 1. The second kappa shape index (κ2) is 6.76. The SMILES string of the molecule is CC(C)(C)c1ccc(SCC(=O)Nc2ccncc2)cc1. The van der Waals surface area contributed by atoms with Crippen molar-refractivity contribution < 1.29 is 4.79 Å².